The van der Waals surface area contributed by atoms with E-state index in [-0.39, 0.29) is 11.2 Å². The van der Waals surface area contributed by atoms with Crippen molar-refractivity contribution in [2.45, 2.75) is 58.2 Å². The van der Waals surface area contributed by atoms with E-state index in [2.05, 4.69) is 120 Å². The summed E-state index contributed by atoms with van der Waals surface area (Å²) in [6.45, 7) is 10.7. The quantitative estimate of drug-likeness (QED) is 0.183. The van der Waals surface area contributed by atoms with Gasteiger partial charge in [0.2, 0.25) is 0 Å². The molecule has 2 heterocycles. The molecule has 1 fully saturated rings. The molecule has 1 saturated heterocycles. The minimum absolute atomic E-state index is 0.388. The summed E-state index contributed by atoms with van der Waals surface area (Å²) >= 11 is 0. The van der Waals surface area contributed by atoms with Crippen molar-refractivity contribution in [3.8, 4) is 11.3 Å². The van der Waals surface area contributed by atoms with Crippen LogP contribution in [0.5, 0.6) is 0 Å². The summed E-state index contributed by atoms with van der Waals surface area (Å²) in [6, 6.07) is 26.0. The van der Waals surface area contributed by atoms with Gasteiger partial charge < -0.3 is 9.31 Å². The Morgan fingerprint density at radius 2 is 1.47 bits per heavy atom. The van der Waals surface area contributed by atoms with Crippen LogP contribution in [-0.2, 0) is 9.31 Å². The Hall–Kier alpha value is -3.47. The van der Waals surface area contributed by atoms with Crippen LogP contribution >= 0.6 is 0 Å². The molecule has 0 N–H and O–H groups in total. The topological polar surface area (TPSA) is 31.4 Å². The van der Waals surface area contributed by atoms with Crippen molar-refractivity contribution in [2.75, 3.05) is 0 Å². The predicted octanol–water partition coefficient (Wildman–Crippen LogP) is 8.03. The lowest BCUT2D eigenvalue weighted by Gasteiger charge is -2.32. The van der Waals surface area contributed by atoms with Gasteiger partial charge in [0.05, 0.1) is 22.4 Å². The normalized spacial score (nSPS) is 19.9. The molecule has 0 spiro atoms. The first-order chi connectivity index (χ1) is 18.2. The van der Waals surface area contributed by atoms with Gasteiger partial charge in [-0.25, -0.2) is 4.98 Å². The fraction of sp³-hybridized carbons (Fsp3) is 0.265. The molecule has 7 rings (SSSR count). The first-order valence-corrected chi connectivity index (χ1v) is 13.6. The second kappa shape index (κ2) is 8.27. The minimum atomic E-state index is -0.415. The molecule has 2 aliphatic rings. The number of hydrogen-bond acceptors (Lipinski definition) is 3. The number of benzene rings is 4. The van der Waals surface area contributed by atoms with Gasteiger partial charge in [-0.1, -0.05) is 85.8 Å². The number of nitrogens with zero attached hydrogens (tertiary/aromatic N) is 1. The smallest absolute Gasteiger partial charge is 0.399 e. The van der Waals surface area contributed by atoms with E-state index in [1.807, 2.05) is 0 Å². The largest absolute Gasteiger partial charge is 0.494 e. The van der Waals surface area contributed by atoms with Crippen molar-refractivity contribution < 1.29 is 9.31 Å². The van der Waals surface area contributed by atoms with E-state index in [4.69, 9.17) is 14.3 Å². The molecule has 1 unspecified atom stereocenters. The average molecular weight is 497 g/mol. The Morgan fingerprint density at radius 1 is 0.789 bits per heavy atom. The first-order valence-electron chi connectivity index (χ1n) is 13.6. The average Bonchev–Trinajstić information content (AvgIpc) is 3.14. The molecule has 1 aliphatic heterocycles. The van der Waals surface area contributed by atoms with E-state index in [0.717, 1.165) is 28.7 Å². The highest BCUT2D eigenvalue weighted by molar-refractivity contribution is 6.62. The van der Waals surface area contributed by atoms with Crippen LogP contribution < -0.4 is 5.46 Å². The number of rotatable bonds is 2. The van der Waals surface area contributed by atoms with Crippen molar-refractivity contribution in [2.24, 2.45) is 0 Å². The van der Waals surface area contributed by atoms with E-state index in [1.54, 1.807) is 0 Å². The first kappa shape index (κ1) is 23.6. The van der Waals surface area contributed by atoms with Crippen molar-refractivity contribution in [1.82, 2.24) is 4.98 Å². The Labute approximate surface area is 224 Å². The number of allylic oxidation sites excluding steroid dienone is 1. The third-order valence-electron chi connectivity index (χ3n) is 8.89. The van der Waals surface area contributed by atoms with E-state index < -0.39 is 7.12 Å². The second-order valence-electron chi connectivity index (χ2n) is 11.9. The van der Waals surface area contributed by atoms with Crippen LogP contribution in [0.25, 0.3) is 49.8 Å². The van der Waals surface area contributed by atoms with Crippen molar-refractivity contribution in [1.29, 1.82) is 0 Å². The minimum Gasteiger partial charge on any atom is -0.399 e. The zero-order valence-electron chi connectivity index (χ0n) is 22.7. The highest BCUT2D eigenvalue weighted by Gasteiger charge is 2.51. The summed E-state index contributed by atoms with van der Waals surface area (Å²) in [6.07, 6.45) is 5.69. The molecular weight excluding hydrogens is 465 g/mol. The van der Waals surface area contributed by atoms with Crippen LogP contribution in [0.1, 0.15) is 58.1 Å². The summed E-state index contributed by atoms with van der Waals surface area (Å²) in [7, 11) is -0.415. The predicted molar refractivity (Wildman–Crippen MR) is 160 cm³/mol. The molecule has 5 aromatic rings. The van der Waals surface area contributed by atoms with Crippen LogP contribution in [0, 0.1) is 0 Å². The molecule has 0 saturated carbocycles. The van der Waals surface area contributed by atoms with Gasteiger partial charge in [-0.3, -0.25) is 0 Å². The van der Waals surface area contributed by atoms with Gasteiger partial charge in [-0.2, -0.15) is 0 Å². The highest BCUT2D eigenvalue weighted by atomic mass is 16.7. The van der Waals surface area contributed by atoms with E-state index in [0.29, 0.717) is 5.92 Å². The molecule has 1 atom stereocenters. The van der Waals surface area contributed by atoms with Gasteiger partial charge in [0.15, 0.2) is 0 Å². The highest BCUT2D eigenvalue weighted by Crippen LogP contribution is 2.46. The number of aromatic nitrogens is 1. The van der Waals surface area contributed by atoms with E-state index in [9.17, 15) is 0 Å². The van der Waals surface area contributed by atoms with Crippen LogP contribution in [0.4, 0.5) is 0 Å². The van der Waals surface area contributed by atoms with Gasteiger partial charge in [0, 0.05) is 16.3 Å². The van der Waals surface area contributed by atoms with Crippen molar-refractivity contribution >= 4 is 51.1 Å². The summed E-state index contributed by atoms with van der Waals surface area (Å²) < 4.78 is 12.8. The molecule has 3 nitrogen and oxygen atoms in total. The van der Waals surface area contributed by atoms with Gasteiger partial charge >= 0.3 is 7.12 Å². The van der Waals surface area contributed by atoms with E-state index in [1.165, 1.54) is 38.1 Å². The maximum absolute atomic E-state index is 6.41. The van der Waals surface area contributed by atoms with Crippen LogP contribution in [-0.4, -0.2) is 23.3 Å². The Bertz CT molecular complexity index is 1770. The van der Waals surface area contributed by atoms with Gasteiger partial charge in [-0.05, 0) is 78.8 Å². The summed E-state index contributed by atoms with van der Waals surface area (Å²) in [5, 5.41) is 6.31. The zero-order chi connectivity index (χ0) is 26.2. The van der Waals surface area contributed by atoms with E-state index >= 15 is 0 Å². The van der Waals surface area contributed by atoms with Crippen molar-refractivity contribution in [3.05, 3.63) is 90.0 Å². The van der Waals surface area contributed by atoms with Crippen LogP contribution in [0.2, 0.25) is 0 Å². The maximum atomic E-state index is 6.41. The standard InChI is InChI=1S/C34H32BNO2/c1-21-12-10-18-25-24-15-6-7-16-26(24)31-30(29(21)25)27-17-8-9-19-28(27)36-32(31)22-13-11-14-23(20-22)35-37-33(2,3)34(4,5)38-35/h6-11,13-21H,12H2,1-5H3. The number of para-hydroxylation sites is 1. The van der Waals surface area contributed by atoms with Crippen LogP contribution in [0.15, 0.2) is 78.9 Å². The summed E-state index contributed by atoms with van der Waals surface area (Å²) in [4.78, 5) is 5.32. The van der Waals surface area contributed by atoms with Gasteiger partial charge in [0.1, 0.15) is 0 Å². The van der Waals surface area contributed by atoms with Crippen molar-refractivity contribution in [3.63, 3.8) is 0 Å². The lowest BCUT2D eigenvalue weighted by molar-refractivity contribution is 0.00578. The summed E-state index contributed by atoms with van der Waals surface area (Å²) in [5.41, 5.74) is 6.14. The molecule has 38 heavy (non-hydrogen) atoms. The monoisotopic (exact) mass is 497 g/mol. The molecule has 0 bridgehead atoms. The molecular formula is C34H32BNO2. The van der Waals surface area contributed by atoms with Gasteiger partial charge in [0.25, 0.3) is 0 Å². The zero-order valence-corrected chi connectivity index (χ0v) is 22.7. The molecule has 0 amide bonds. The Morgan fingerprint density at radius 3 is 2.24 bits per heavy atom. The molecule has 0 radical (unpaired) electrons. The molecule has 1 aromatic heterocycles. The summed E-state index contributed by atoms with van der Waals surface area (Å²) in [5.74, 6) is 0.428. The SMILES string of the molecule is CC1CC=Cc2c1c1c3ccccc3nc(-c3cccc(B4OC(C)(C)C(C)(C)O4)c3)c1c1ccccc21. The molecule has 1 aliphatic carbocycles. The Balaban J connectivity index is 1.56. The molecule has 4 aromatic carbocycles. The number of hydrogen-bond donors (Lipinski definition) is 0. The lowest BCUT2D eigenvalue weighted by atomic mass is 9.77. The second-order valence-corrected chi connectivity index (χ2v) is 11.9. The fourth-order valence-electron chi connectivity index (χ4n) is 6.19. The van der Waals surface area contributed by atoms with Crippen LogP contribution in [0.3, 0.4) is 0 Å². The molecule has 188 valence electrons. The Kier molecular flexibility index (Phi) is 5.14. The third-order valence-corrected chi connectivity index (χ3v) is 8.89. The molecule has 4 heteroatoms. The number of fused-ring (bicyclic) bond motifs is 8. The van der Waals surface area contributed by atoms with Gasteiger partial charge in [-0.15, -0.1) is 0 Å². The maximum Gasteiger partial charge on any atom is 0.494 e. The number of pyridine rings is 1. The lowest BCUT2D eigenvalue weighted by Crippen LogP contribution is -2.41. The fourth-order valence-corrected chi connectivity index (χ4v) is 6.19. The third kappa shape index (κ3) is 3.40.